The van der Waals surface area contributed by atoms with Crippen LogP contribution in [0.1, 0.15) is 0 Å². The molecule has 0 saturated carbocycles. The van der Waals surface area contributed by atoms with E-state index in [0.29, 0.717) is 5.82 Å². The van der Waals surface area contributed by atoms with Crippen molar-refractivity contribution in [3.8, 4) is 50.8 Å². The van der Waals surface area contributed by atoms with E-state index in [4.69, 9.17) is 15.0 Å². The van der Waals surface area contributed by atoms with E-state index in [0.717, 1.165) is 66.8 Å². The van der Waals surface area contributed by atoms with E-state index in [2.05, 4.69) is 162 Å². The van der Waals surface area contributed by atoms with E-state index < -0.39 is 0 Å². The standard InChI is InChI=1S/C47H30N4/c1-5-15-31(16-6-1)41-30-42(50-47(49-41)33-19-9-3-10-20-33)34-25-26-36-37-27-28-39-44(46(37)51(43(36)29-34)35-21-11-4-12-22-35)38-23-13-14-24-40(38)48-45(39)32-17-7-2-8-18-32/h1-30H. The smallest absolute Gasteiger partial charge is 0.160 e. The maximum Gasteiger partial charge on any atom is 0.160 e. The van der Waals surface area contributed by atoms with Crippen molar-refractivity contribution < 1.29 is 0 Å². The first-order valence-electron chi connectivity index (χ1n) is 17.2. The molecule has 0 aliphatic heterocycles. The normalized spacial score (nSPS) is 11.5. The molecule has 10 rings (SSSR count). The van der Waals surface area contributed by atoms with Crippen LogP contribution in [0.3, 0.4) is 0 Å². The predicted octanol–water partition coefficient (Wildman–Crippen LogP) is 11.9. The number of hydrogen-bond acceptors (Lipinski definition) is 3. The van der Waals surface area contributed by atoms with Crippen LogP contribution in [0.4, 0.5) is 0 Å². The summed E-state index contributed by atoms with van der Waals surface area (Å²) in [4.78, 5) is 15.4. The molecule has 0 aliphatic rings. The number of benzene rings is 7. The zero-order chi connectivity index (χ0) is 33.7. The summed E-state index contributed by atoms with van der Waals surface area (Å²) in [5, 5.41) is 5.83. The molecule has 0 spiro atoms. The topological polar surface area (TPSA) is 43.6 Å². The molecule has 0 saturated heterocycles. The van der Waals surface area contributed by atoms with Gasteiger partial charge in [-0.05, 0) is 30.3 Å². The third kappa shape index (κ3) is 4.88. The van der Waals surface area contributed by atoms with Gasteiger partial charge in [0.1, 0.15) is 0 Å². The Kier molecular flexibility index (Phi) is 6.78. The molecule has 3 heterocycles. The van der Waals surface area contributed by atoms with Crippen LogP contribution < -0.4 is 0 Å². The van der Waals surface area contributed by atoms with Crippen molar-refractivity contribution in [2.75, 3.05) is 0 Å². The van der Waals surface area contributed by atoms with Crippen LogP contribution >= 0.6 is 0 Å². The first-order chi connectivity index (χ1) is 25.3. The van der Waals surface area contributed by atoms with E-state index in [1.807, 2.05) is 24.3 Å². The maximum absolute atomic E-state index is 5.23. The lowest BCUT2D eigenvalue weighted by molar-refractivity contribution is 1.17. The SMILES string of the molecule is c1ccc(-c2cc(-c3ccc4c5ccc6c(-c7ccccc7)nc7ccccc7c6c5n(-c5ccccc5)c4c3)nc(-c3ccccc3)n2)cc1. The van der Waals surface area contributed by atoms with Gasteiger partial charge in [-0.25, -0.2) is 15.0 Å². The fraction of sp³-hybridized carbons (Fsp3) is 0. The zero-order valence-corrected chi connectivity index (χ0v) is 27.6. The molecule has 51 heavy (non-hydrogen) atoms. The Hall–Kier alpha value is -6.91. The molecule has 4 heteroatoms. The van der Waals surface area contributed by atoms with Gasteiger partial charge in [-0.1, -0.05) is 152 Å². The summed E-state index contributed by atoms with van der Waals surface area (Å²) in [6.45, 7) is 0. The van der Waals surface area contributed by atoms with Gasteiger partial charge in [-0.2, -0.15) is 0 Å². The van der Waals surface area contributed by atoms with Crippen molar-refractivity contribution >= 4 is 43.5 Å². The van der Waals surface area contributed by atoms with Crippen LogP contribution in [0.15, 0.2) is 182 Å². The van der Waals surface area contributed by atoms with Crippen molar-refractivity contribution in [1.82, 2.24) is 19.5 Å². The highest BCUT2D eigenvalue weighted by Crippen LogP contribution is 2.43. The lowest BCUT2D eigenvalue weighted by atomic mass is 9.97. The minimum Gasteiger partial charge on any atom is -0.309 e. The summed E-state index contributed by atoms with van der Waals surface area (Å²) >= 11 is 0. The highest BCUT2D eigenvalue weighted by molar-refractivity contribution is 6.27. The van der Waals surface area contributed by atoms with Gasteiger partial charge >= 0.3 is 0 Å². The maximum atomic E-state index is 5.23. The molecular weight excluding hydrogens is 621 g/mol. The first kappa shape index (κ1) is 29.0. The van der Waals surface area contributed by atoms with E-state index in [9.17, 15) is 0 Å². The second-order valence-corrected chi connectivity index (χ2v) is 12.8. The second-order valence-electron chi connectivity index (χ2n) is 12.8. The number of hydrogen-bond donors (Lipinski definition) is 0. The van der Waals surface area contributed by atoms with Crippen LogP contribution in [0.5, 0.6) is 0 Å². The third-order valence-corrected chi connectivity index (χ3v) is 9.78. The molecule has 0 fully saturated rings. The molecule has 0 N–H and O–H groups in total. The fourth-order valence-electron chi connectivity index (χ4n) is 7.43. The molecule has 10 aromatic rings. The Labute approximate surface area is 295 Å². The molecule has 0 amide bonds. The van der Waals surface area contributed by atoms with Gasteiger partial charge in [0.15, 0.2) is 5.82 Å². The van der Waals surface area contributed by atoms with E-state index >= 15 is 0 Å². The molecule has 3 aromatic heterocycles. The Balaban J connectivity index is 1.30. The van der Waals surface area contributed by atoms with Crippen LogP contribution in [0.2, 0.25) is 0 Å². The number of rotatable bonds is 5. The van der Waals surface area contributed by atoms with Crippen molar-refractivity contribution in [2.45, 2.75) is 0 Å². The molecule has 0 bridgehead atoms. The van der Waals surface area contributed by atoms with E-state index in [1.54, 1.807) is 0 Å². The predicted molar refractivity (Wildman–Crippen MR) is 211 cm³/mol. The number of nitrogens with zero attached hydrogens (tertiary/aromatic N) is 4. The Morgan fingerprint density at radius 3 is 1.67 bits per heavy atom. The highest BCUT2D eigenvalue weighted by atomic mass is 15.0. The number of aromatic nitrogens is 4. The summed E-state index contributed by atoms with van der Waals surface area (Å²) in [7, 11) is 0. The molecule has 0 unspecified atom stereocenters. The minimum absolute atomic E-state index is 0.703. The van der Waals surface area contributed by atoms with Crippen LogP contribution in [0.25, 0.3) is 94.3 Å². The zero-order valence-electron chi connectivity index (χ0n) is 27.6. The molecule has 7 aromatic carbocycles. The number of fused-ring (bicyclic) bond motifs is 7. The van der Waals surface area contributed by atoms with Gasteiger partial charge in [-0.15, -0.1) is 0 Å². The number of pyridine rings is 1. The Bertz CT molecular complexity index is 2820. The van der Waals surface area contributed by atoms with E-state index in [1.165, 1.54) is 21.7 Å². The molecule has 0 aliphatic carbocycles. The van der Waals surface area contributed by atoms with Crippen LogP contribution in [-0.2, 0) is 0 Å². The molecule has 0 radical (unpaired) electrons. The largest absolute Gasteiger partial charge is 0.309 e. The fourth-order valence-corrected chi connectivity index (χ4v) is 7.43. The van der Waals surface area contributed by atoms with Gasteiger partial charge in [0.05, 0.1) is 33.6 Å². The highest BCUT2D eigenvalue weighted by Gasteiger charge is 2.21. The Morgan fingerprint density at radius 2 is 0.941 bits per heavy atom. The van der Waals surface area contributed by atoms with Gasteiger partial charge in [0.2, 0.25) is 0 Å². The van der Waals surface area contributed by atoms with Crippen LogP contribution in [0, 0.1) is 0 Å². The van der Waals surface area contributed by atoms with Gasteiger partial charge in [0.25, 0.3) is 0 Å². The Morgan fingerprint density at radius 1 is 0.373 bits per heavy atom. The lowest BCUT2D eigenvalue weighted by Gasteiger charge is -2.14. The average Bonchev–Trinajstić information content (AvgIpc) is 3.55. The third-order valence-electron chi connectivity index (χ3n) is 9.78. The van der Waals surface area contributed by atoms with E-state index in [-0.39, 0.29) is 0 Å². The first-order valence-corrected chi connectivity index (χ1v) is 17.2. The average molecular weight is 651 g/mol. The molecular formula is C47H30N4. The quantitative estimate of drug-likeness (QED) is 0.174. The summed E-state index contributed by atoms with van der Waals surface area (Å²) in [6, 6.07) is 63.7. The molecule has 4 nitrogen and oxygen atoms in total. The van der Waals surface area contributed by atoms with Crippen molar-refractivity contribution in [3.63, 3.8) is 0 Å². The summed E-state index contributed by atoms with van der Waals surface area (Å²) in [6.07, 6.45) is 0. The second kappa shape index (κ2) is 11.9. The summed E-state index contributed by atoms with van der Waals surface area (Å²) < 4.78 is 2.43. The summed E-state index contributed by atoms with van der Waals surface area (Å²) in [5.74, 6) is 0.703. The van der Waals surface area contributed by atoms with Gasteiger partial charge < -0.3 is 4.57 Å². The minimum atomic E-state index is 0.703. The monoisotopic (exact) mass is 650 g/mol. The lowest BCUT2D eigenvalue weighted by Crippen LogP contribution is -1.97. The molecule has 0 atom stereocenters. The van der Waals surface area contributed by atoms with Crippen molar-refractivity contribution in [2.24, 2.45) is 0 Å². The van der Waals surface area contributed by atoms with Gasteiger partial charge in [0, 0.05) is 54.9 Å². The van der Waals surface area contributed by atoms with Gasteiger partial charge in [-0.3, -0.25) is 0 Å². The van der Waals surface area contributed by atoms with Crippen molar-refractivity contribution in [1.29, 1.82) is 0 Å². The van der Waals surface area contributed by atoms with Crippen LogP contribution in [-0.4, -0.2) is 19.5 Å². The number of para-hydroxylation sites is 2. The van der Waals surface area contributed by atoms with Crippen molar-refractivity contribution in [3.05, 3.63) is 182 Å². The molecule has 238 valence electrons. The summed E-state index contributed by atoms with van der Waals surface area (Å²) in [5.41, 5.74) is 11.3.